The Labute approximate surface area is 135 Å². The van der Waals surface area contributed by atoms with Gasteiger partial charge in [-0.25, -0.2) is 0 Å². The third-order valence-electron chi connectivity index (χ3n) is 3.91. The number of rotatable bonds is 5. The maximum Gasteiger partial charge on any atom is 0.251 e. The van der Waals surface area contributed by atoms with Crippen molar-refractivity contribution in [3.05, 3.63) is 65.2 Å². The molecule has 4 nitrogen and oxygen atoms in total. The molecule has 2 amide bonds. The summed E-state index contributed by atoms with van der Waals surface area (Å²) in [6, 6.07) is 15.1. The van der Waals surface area contributed by atoms with E-state index < -0.39 is 0 Å². The second-order valence-corrected chi connectivity index (χ2v) is 6.01. The standard InChI is InChI=1S/C19H20N2O2/c1-13-5-7-15(8-6-13)18(22)20-12-14-3-2-4-17(11-14)21-19(23)16-9-10-16/h2-8,11,16H,9-10,12H2,1H3,(H,20,22)(H,21,23). The third kappa shape index (κ3) is 4.19. The number of hydrogen-bond donors (Lipinski definition) is 2. The lowest BCUT2D eigenvalue weighted by Crippen LogP contribution is -2.22. The molecule has 0 atom stereocenters. The molecule has 2 aromatic carbocycles. The van der Waals surface area contributed by atoms with Crippen molar-refractivity contribution in [3.63, 3.8) is 0 Å². The van der Waals surface area contributed by atoms with E-state index in [1.165, 1.54) is 0 Å². The van der Waals surface area contributed by atoms with Crippen molar-refractivity contribution in [1.29, 1.82) is 0 Å². The van der Waals surface area contributed by atoms with Gasteiger partial charge in [-0.2, -0.15) is 0 Å². The van der Waals surface area contributed by atoms with E-state index in [-0.39, 0.29) is 17.7 Å². The van der Waals surface area contributed by atoms with Gasteiger partial charge < -0.3 is 10.6 Å². The summed E-state index contributed by atoms with van der Waals surface area (Å²) in [7, 11) is 0. The zero-order valence-corrected chi connectivity index (χ0v) is 13.1. The number of benzene rings is 2. The number of carbonyl (C=O) groups excluding carboxylic acids is 2. The molecule has 0 saturated heterocycles. The molecule has 0 unspecified atom stereocenters. The lowest BCUT2D eigenvalue weighted by Gasteiger charge is -2.09. The first-order valence-electron chi connectivity index (χ1n) is 7.86. The Bertz CT molecular complexity index is 718. The smallest absolute Gasteiger partial charge is 0.251 e. The van der Waals surface area contributed by atoms with Crippen LogP contribution >= 0.6 is 0 Å². The van der Waals surface area contributed by atoms with E-state index in [1.807, 2.05) is 55.5 Å². The molecular weight excluding hydrogens is 288 g/mol. The summed E-state index contributed by atoms with van der Waals surface area (Å²) in [5.74, 6) is 0.170. The summed E-state index contributed by atoms with van der Waals surface area (Å²) < 4.78 is 0. The monoisotopic (exact) mass is 308 g/mol. The van der Waals surface area contributed by atoms with E-state index in [4.69, 9.17) is 0 Å². The van der Waals surface area contributed by atoms with Crippen molar-refractivity contribution >= 4 is 17.5 Å². The van der Waals surface area contributed by atoms with Crippen LogP contribution in [0.1, 0.15) is 34.3 Å². The van der Waals surface area contributed by atoms with Gasteiger partial charge in [0.05, 0.1) is 0 Å². The summed E-state index contributed by atoms with van der Waals surface area (Å²) in [5.41, 5.74) is 3.51. The molecule has 1 fully saturated rings. The molecule has 0 aliphatic heterocycles. The van der Waals surface area contributed by atoms with Gasteiger partial charge in [0.15, 0.2) is 0 Å². The Morgan fingerprint density at radius 2 is 1.83 bits per heavy atom. The molecule has 1 aliphatic rings. The summed E-state index contributed by atoms with van der Waals surface area (Å²) >= 11 is 0. The fraction of sp³-hybridized carbons (Fsp3) is 0.263. The number of amides is 2. The fourth-order valence-corrected chi connectivity index (χ4v) is 2.34. The molecule has 0 radical (unpaired) electrons. The van der Waals surface area contributed by atoms with Gasteiger partial charge in [-0.05, 0) is 49.6 Å². The Morgan fingerprint density at radius 3 is 2.52 bits per heavy atom. The predicted octanol–water partition coefficient (Wildman–Crippen LogP) is 3.27. The van der Waals surface area contributed by atoms with Crippen LogP contribution in [0.3, 0.4) is 0 Å². The molecule has 2 aromatic rings. The Balaban J connectivity index is 1.58. The van der Waals surface area contributed by atoms with Gasteiger partial charge in [-0.1, -0.05) is 29.8 Å². The normalized spacial score (nSPS) is 13.4. The zero-order chi connectivity index (χ0) is 16.2. The van der Waals surface area contributed by atoms with E-state index in [0.29, 0.717) is 12.1 Å². The third-order valence-corrected chi connectivity index (χ3v) is 3.91. The van der Waals surface area contributed by atoms with Crippen molar-refractivity contribution in [2.24, 2.45) is 5.92 Å². The minimum Gasteiger partial charge on any atom is -0.348 e. The van der Waals surface area contributed by atoms with Crippen LogP contribution in [0.25, 0.3) is 0 Å². The maximum absolute atomic E-state index is 12.1. The molecular formula is C19H20N2O2. The van der Waals surface area contributed by atoms with Gasteiger partial charge in [0.1, 0.15) is 0 Å². The Morgan fingerprint density at radius 1 is 1.09 bits per heavy atom. The van der Waals surface area contributed by atoms with E-state index in [2.05, 4.69) is 10.6 Å². The van der Waals surface area contributed by atoms with Gasteiger partial charge in [0.25, 0.3) is 5.91 Å². The van der Waals surface area contributed by atoms with Crippen molar-refractivity contribution in [2.75, 3.05) is 5.32 Å². The number of nitrogens with one attached hydrogen (secondary N) is 2. The lowest BCUT2D eigenvalue weighted by atomic mass is 10.1. The van der Waals surface area contributed by atoms with Crippen LogP contribution in [-0.4, -0.2) is 11.8 Å². The lowest BCUT2D eigenvalue weighted by molar-refractivity contribution is -0.117. The average Bonchev–Trinajstić information content (AvgIpc) is 3.38. The highest BCUT2D eigenvalue weighted by atomic mass is 16.2. The van der Waals surface area contributed by atoms with Crippen molar-refractivity contribution in [2.45, 2.75) is 26.3 Å². The van der Waals surface area contributed by atoms with E-state index in [1.54, 1.807) is 0 Å². The SMILES string of the molecule is Cc1ccc(C(=O)NCc2cccc(NC(=O)C3CC3)c2)cc1. The van der Waals surface area contributed by atoms with E-state index >= 15 is 0 Å². The molecule has 4 heteroatoms. The van der Waals surface area contributed by atoms with E-state index in [0.717, 1.165) is 29.7 Å². The molecule has 0 bridgehead atoms. The minimum absolute atomic E-state index is 0.0887. The van der Waals surface area contributed by atoms with Gasteiger partial charge in [0, 0.05) is 23.7 Å². The quantitative estimate of drug-likeness (QED) is 0.890. The van der Waals surface area contributed by atoms with Gasteiger partial charge in [0.2, 0.25) is 5.91 Å². The fourth-order valence-electron chi connectivity index (χ4n) is 2.34. The first-order valence-corrected chi connectivity index (χ1v) is 7.86. The molecule has 118 valence electrons. The number of carbonyl (C=O) groups is 2. The van der Waals surface area contributed by atoms with Crippen LogP contribution in [0.4, 0.5) is 5.69 Å². The van der Waals surface area contributed by atoms with Crippen LogP contribution in [-0.2, 0) is 11.3 Å². The Hall–Kier alpha value is -2.62. The van der Waals surface area contributed by atoms with Crippen LogP contribution in [0.2, 0.25) is 0 Å². The number of hydrogen-bond acceptors (Lipinski definition) is 2. The summed E-state index contributed by atoms with van der Waals surface area (Å²) in [6.07, 6.45) is 1.97. The topological polar surface area (TPSA) is 58.2 Å². The maximum atomic E-state index is 12.1. The molecule has 2 N–H and O–H groups in total. The molecule has 1 saturated carbocycles. The summed E-state index contributed by atoms with van der Waals surface area (Å²) in [5, 5.41) is 5.82. The summed E-state index contributed by atoms with van der Waals surface area (Å²) in [4.78, 5) is 23.9. The first-order chi connectivity index (χ1) is 11.1. The largest absolute Gasteiger partial charge is 0.348 e. The summed E-state index contributed by atoms with van der Waals surface area (Å²) in [6.45, 7) is 2.42. The molecule has 0 aromatic heterocycles. The van der Waals surface area contributed by atoms with Crippen molar-refractivity contribution < 1.29 is 9.59 Å². The van der Waals surface area contributed by atoms with Crippen molar-refractivity contribution in [1.82, 2.24) is 5.32 Å². The van der Waals surface area contributed by atoms with Gasteiger partial charge in [-0.15, -0.1) is 0 Å². The minimum atomic E-state index is -0.0996. The predicted molar refractivity (Wildman–Crippen MR) is 90.1 cm³/mol. The van der Waals surface area contributed by atoms with Crippen LogP contribution in [0, 0.1) is 12.8 Å². The molecule has 0 spiro atoms. The molecule has 3 rings (SSSR count). The first kappa shape index (κ1) is 15.3. The number of aryl methyl sites for hydroxylation is 1. The molecule has 0 heterocycles. The van der Waals surface area contributed by atoms with Crippen LogP contribution in [0.15, 0.2) is 48.5 Å². The highest BCUT2D eigenvalue weighted by Crippen LogP contribution is 2.30. The Kier molecular flexibility index (Phi) is 4.42. The molecule has 1 aliphatic carbocycles. The second-order valence-electron chi connectivity index (χ2n) is 6.01. The zero-order valence-electron chi connectivity index (χ0n) is 13.1. The second kappa shape index (κ2) is 6.65. The molecule has 23 heavy (non-hydrogen) atoms. The number of anilines is 1. The highest BCUT2D eigenvalue weighted by molar-refractivity contribution is 5.95. The van der Waals surface area contributed by atoms with Crippen LogP contribution < -0.4 is 10.6 Å². The van der Waals surface area contributed by atoms with Gasteiger partial charge in [-0.3, -0.25) is 9.59 Å². The average molecular weight is 308 g/mol. The van der Waals surface area contributed by atoms with Crippen LogP contribution in [0.5, 0.6) is 0 Å². The van der Waals surface area contributed by atoms with Crippen molar-refractivity contribution in [3.8, 4) is 0 Å². The highest BCUT2D eigenvalue weighted by Gasteiger charge is 2.29. The van der Waals surface area contributed by atoms with Gasteiger partial charge >= 0.3 is 0 Å². The van der Waals surface area contributed by atoms with E-state index in [9.17, 15) is 9.59 Å².